The summed E-state index contributed by atoms with van der Waals surface area (Å²) in [6.45, 7) is 0.454. The highest BCUT2D eigenvalue weighted by atomic mass is 16.3. The van der Waals surface area contributed by atoms with Crippen LogP contribution in [0.25, 0.3) is 0 Å². The first-order chi connectivity index (χ1) is 11.1. The molecule has 1 fully saturated rings. The average Bonchev–Trinajstić information content (AvgIpc) is 2.98. The predicted molar refractivity (Wildman–Crippen MR) is 88.2 cm³/mol. The number of pyridine rings is 1. The summed E-state index contributed by atoms with van der Waals surface area (Å²) in [6.07, 6.45) is 3.25. The topological polar surface area (TPSA) is 71.3 Å². The number of aliphatic hydroxyl groups is 1. The van der Waals surface area contributed by atoms with Crippen LogP contribution >= 0.6 is 0 Å². The number of hydrogen-bond acceptors (Lipinski definition) is 3. The normalized spacial score (nSPS) is 20.4. The lowest BCUT2D eigenvalue weighted by molar-refractivity contribution is -0.122. The van der Waals surface area contributed by atoms with Gasteiger partial charge in [0.25, 0.3) is 5.56 Å². The number of aliphatic hydroxyl groups excluding tert-OH is 1. The molecule has 2 atom stereocenters. The van der Waals surface area contributed by atoms with Crippen LogP contribution in [0.1, 0.15) is 24.8 Å². The van der Waals surface area contributed by atoms with Gasteiger partial charge in [-0.25, -0.2) is 0 Å². The summed E-state index contributed by atoms with van der Waals surface area (Å²) < 4.78 is 1.57. The van der Waals surface area contributed by atoms with E-state index in [0.29, 0.717) is 19.4 Å². The largest absolute Gasteiger partial charge is 0.392 e. The second-order valence-electron chi connectivity index (χ2n) is 5.93. The van der Waals surface area contributed by atoms with Gasteiger partial charge in [-0.2, -0.15) is 0 Å². The summed E-state index contributed by atoms with van der Waals surface area (Å²) in [7, 11) is 0. The molecule has 5 heteroatoms. The first-order valence-corrected chi connectivity index (χ1v) is 7.87. The van der Waals surface area contributed by atoms with E-state index in [1.54, 1.807) is 22.9 Å². The molecule has 3 rings (SSSR count). The van der Waals surface area contributed by atoms with Crippen LogP contribution in [0.4, 0.5) is 5.69 Å². The van der Waals surface area contributed by atoms with Gasteiger partial charge in [0, 0.05) is 6.20 Å². The van der Waals surface area contributed by atoms with E-state index < -0.39 is 12.0 Å². The molecule has 1 aromatic heterocycles. The second kappa shape index (κ2) is 6.79. The van der Waals surface area contributed by atoms with Crippen molar-refractivity contribution in [1.82, 2.24) is 4.57 Å². The van der Waals surface area contributed by atoms with E-state index in [1.807, 2.05) is 30.3 Å². The first-order valence-electron chi connectivity index (χ1n) is 7.87. The Morgan fingerprint density at radius 2 is 1.96 bits per heavy atom. The van der Waals surface area contributed by atoms with Crippen molar-refractivity contribution in [3.05, 3.63) is 64.6 Å². The molecule has 1 aromatic carbocycles. The van der Waals surface area contributed by atoms with Crippen molar-refractivity contribution < 1.29 is 9.90 Å². The van der Waals surface area contributed by atoms with Gasteiger partial charge in [0.15, 0.2) is 0 Å². The Morgan fingerprint density at radius 3 is 2.65 bits per heavy atom. The van der Waals surface area contributed by atoms with Gasteiger partial charge in [0.2, 0.25) is 5.91 Å². The molecular weight excluding hydrogens is 292 g/mol. The molecule has 0 saturated heterocycles. The van der Waals surface area contributed by atoms with Gasteiger partial charge in [-0.15, -0.1) is 0 Å². The van der Waals surface area contributed by atoms with Crippen molar-refractivity contribution in [1.29, 1.82) is 0 Å². The lowest BCUT2D eigenvalue weighted by atomic mass is 10.1. The second-order valence-corrected chi connectivity index (χ2v) is 5.93. The van der Waals surface area contributed by atoms with E-state index in [-0.39, 0.29) is 17.2 Å². The highest BCUT2D eigenvalue weighted by Crippen LogP contribution is 2.26. The van der Waals surface area contributed by atoms with E-state index in [4.69, 9.17) is 0 Å². The minimum atomic E-state index is -0.606. The molecule has 2 N–H and O–H groups in total. The lowest BCUT2D eigenvalue weighted by Crippen LogP contribution is -2.32. The number of hydrogen-bond donors (Lipinski definition) is 2. The van der Waals surface area contributed by atoms with Crippen molar-refractivity contribution in [2.24, 2.45) is 5.92 Å². The summed E-state index contributed by atoms with van der Waals surface area (Å²) in [5.74, 6) is -0.693. The third-order valence-corrected chi connectivity index (χ3v) is 4.29. The molecule has 0 radical (unpaired) electrons. The number of aromatic nitrogens is 1. The number of nitrogens with one attached hydrogen (secondary N) is 1. The standard InChI is InChI=1S/C18H20N2O3/c21-16-10-4-8-14(16)17(22)19-15-9-5-11-20(18(15)23)12-13-6-2-1-3-7-13/h1-3,5-7,9,11,14,16,21H,4,8,10,12H2,(H,19,22). The first kappa shape index (κ1) is 15.5. The Hall–Kier alpha value is -2.40. The molecule has 1 aliphatic rings. The lowest BCUT2D eigenvalue weighted by Gasteiger charge is -2.15. The smallest absolute Gasteiger partial charge is 0.274 e. The van der Waals surface area contributed by atoms with Crippen molar-refractivity contribution in [3.8, 4) is 0 Å². The molecule has 5 nitrogen and oxygen atoms in total. The molecule has 1 saturated carbocycles. The van der Waals surface area contributed by atoms with E-state index in [2.05, 4.69) is 5.32 Å². The minimum Gasteiger partial charge on any atom is -0.392 e. The fraction of sp³-hybridized carbons (Fsp3) is 0.333. The third kappa shape index (κ3) is 3.51. The zero-order valence-electron chi connectivity index (χ0n) is 12.8. The monoisotopic (exact) mass is 312 g/mol. The van der Waals surface area contributed by atoms with Gasteiger partial charge in [0.1, 0.15) is 5.69 Å². The summed E-state index contributed by atoms with van der Waals surface area (Å²) in [4.78, 5) is 24.7. The molecule has 120 valence electrons. The van der Waals surface area contributed by atoms with Gasteiger partial charge in [-0.1, -0.05) is 30.3 Å². The fourth-order valence-corrected chi connectivity index (χ4v) is 3.01. The number of carbonyl (C=O) groups is 1. The zero-order chi connectivity index (χ0) is 16.2. The van der Waals surface area contributed by atoms with Crippen LogP contribution in [0.15, 0.2) is 53.5 Å². The van der Waals surface area contributed by atoms with E-state index in [9.17, 15) is 14.7 Å². The summed E-state index contributed by atoms with van der Waals surface area (Å²) in [5.41, 5.74) is 1.04. The summed E-state index contributed by atoms with van der Waals surface area (Å²) >= 11 is 0. The maximum absolute atomic E-state index is 12.5. The van der Waals surface area contributed by atoms with Gasteiger partial charge in [-0.3, -0.25) is 9.59 Å². The Bertz CT molecular complexity index is 739. The molecule has 1 heterocycles. The van der Waals surface area contributed by atoms with Gasteiger partial charge < -0.3 is 15.0 Å². The zero-order valence-corrected chi connectivity index (χ0v) is 12.8. The minimum absolute atomic E-state index is 0.239. The highest BCUT2D eigenvalue weighted by Gasteiger charge is 2.31. The molecule has 23 heavy (non-hydrogen) atoms. The quantitative estimate of drug-likeness (QED) is 0.907. The van der Waals surface area contributed by atoms with Gasteiger partial charge >= 0.3 is 0 Å². The van der Waals surface area contributed by atoms with E-state index in [0.717, 1.165) is 12.0 Å². The molecular formula is C18H20N2O3. The van der Waals surface area contributed by atoms with Crippen molar-refractivity contribution >= 4 is 11.6 Å². The van der Waals surface area contributed by atoms with Crippen molar-refractivity contribution in [2.75, 3.05) is 5.32 Å². The maximum atomic E-state index is 12.5. The Morgan fingerprint density at radius 1 is 1.17 bits per heavy atom. The molecule has 2 unspecified atom stereocenters. The van der Waals surface area contributed by atoms with Crippen LogP contribution < -0.4 is 10.9 Å². The van der Waals surface area contributed by atoms with Gasteiger partial charge in [-0.05, 0) is 37.0 Å². The Labute approximate surface area is 134 Å². The van der Waals surface area contributed by atoms with Crippen LogP contribution in [0.3, 0.4) is 0 Å². The molecule has 1 aliphatic carbocycles. The SMILES string of the molecule is O=C(Nc1cccn(Cc2ccccc2)c1=O)C1CCCC1O. The molecule has 1 amide bonds. The van der Waals surface area contributed by atoms with E-state index >= 15 is 0 Å². The highest BCUT2D eigenvalue weighted by molar-refractivity contribution is 5.92. The van der Waals surface area contributed by atoms with Crippen LogP contribution in [-0.4, -0.2) is 21.7 Å². The number of anilines is 1. The maximum Gasteiger partial charge on any atom is 0.274 e. The number of rotatable bonds is 4. The van der Waals surface area contributed by atoms with E-state index in [1.165, 1.54) is 0 Å². The van der Waals surface area contributed by atoms with Crippen molar-refractivity contribution in [3.63, 3.8) is 0 Å². The van der Waals surface area contributed by atoms with Crippen molar-refractivity contribution in [2.45, 2.75) is 31.9 Å². The number of benzene rings is 1. The van der Waals surface area contributed by atoms with Crippen LogP contribution in [-0.2, 0) is 11.3 Å². The molecule has 0 spiro atoms. The predicted octanol–water partition coefficient (Wildman–Crippen LogP) is 2.00. The van der Waals surface area contributed by atoms with Gasteiger partial charge in [0.05, 0.1) is 18.6 Å². The molecule has 0 bridgehead atoms. The Kier molecular flexibility index (Phi) is 4.57. The average molecular weight is 312 g/mol. The summed E-state index contributed by atoms with van der Waals surface area (Å²) in [5, 5.41) is 12.5. The van der Waals surface area contributed by atoms with Crippen LogP contribution in [0, 0.1) is 5.92 Å². The number of carbonyl (C=O) groups excluding carboxylic acids is 1. The molecule has 0 aliphatic heterocycles. The summed E-state index contributed by atoms with van der Waals surface area (Å²) in [6, 6.07) is 13.0. The Balaban J connectivity index is 1.77. The fourth-order valence-electron chi connectivity index (χ4n) is 3.01. The van der Waals surface area contributed by atoms with Crippen LogP contribution in [0.5, 0.6) is 0 Å². The number of nitrogens with zero attached hydrogens (tertiary/aromatic N) is 1. The number of amides is 1. The van der Waals surface area contributed by atoms with Crippen LogP contribution in [0.2, 0.25) is 0 Å². The molecule has 2 aromatic rings. The third-order valence-electron chi connectivity index (χ3n) is 4.29.